The van der Waals surface area contributed by atoms with Crippen LogP contribution in [0.3, 0.4) is 0 Å². The molecule has 1 aromatic rings. The fraction of sp³-hybridized carbons (Fsp3) is 0.750. The van der Waals surface area contributed by atoms with Crippen molar-refractivity contribution in [3.8, 4) is 0 Å². The van der Waals surface area contributed by atoms with Crippen LogP contribution in [0.4, 0.5) is 0 Å². The average Bonchev–Trinajstić information content (AvgIpc) is 3.07. The number of hydrogen-bond acceptors (Lipinski definition) is 6. The van der Waals surface area contributed by atoms with Gasteiger partial charge < -0.3 is 9.42 Å². The maximum atomic E-state index is 12.5. The van der Waals surface area contributed by atoms with Gasteiger partial charge >= 0.3 is 0 Å². The van der Waals surface area contributed by atoms with E-state index < -0.39 is 15.8 Å². The van der Waals surface area contributed by atoms with Gasteiger partial charge in [-0.3, -0.25) is 4.79 Å². The Morgan fingerprint density at radius 1 is 1.40 bits per heavy atom. The first-order valence-electron chi connectivity index (χ1n) is 6.77. The molecule has 0 bridgehead atoms. The molecule has 2 aliphatic rings. The number of hydrogen-bond donors (Lipinski definition) is 0. The van der Waals surface area contributed by atoms with Gasteiger partial charge in [0.25, 0.3) is 0 Å². The van der Waals surface area contributed by atoms with Crippen molar-refractivity contribution in [2.75, 3.05) is 18.1 Å². The number of aromatic nitrogens is 2. The van der Waals surface area contributed by atoms with Gasteiger partial charge in [0, 0.05) is 13.5 Å². The second-order valence-electron chi connectivity index (χ2n) is 5.46. The highest BCUT2D eigenvalue weighted by Crippen LogP contribution is 2.33. The van der Waals surface area contributed by atoms with Gasteiger partial charge in [-0.2, -0.15) is 4.98 Å². The van der Waals surface area contributed by atoms with Crippen LogP contribution < -0.4 is 0 Å². The number of carbonyl (C=O) groups excluding carboxylic acids is 1. The van der Waals surface area contributed by atoms with Crippen LogP contribution in [0.25, 0.3) is 0 Å². The van der Waals surface area contributed by atoms with E-state index in [-0.39, 0.29) is 23.5 Å². The lowest BCUT2D eigenvalue weighted by Gasteiger charge is -2.24. The van der Waals surface area contributed by atoms with Gasteiger partial charge in [-0.05, 0) is 19.3 Å². The molecule has 1 amide bonds. The molecular formula is C12H17N3O4S. The van der Waals surface area contributed by atoms with E-state index in [0.717, 1.165) is 12.8 Å². The second-order valence-corrected chi connectivity index (χ2v) is 7.69. The third-order valence-corrected chi connectivity index (χ3v) is 5.73. The molecule has 0 radical (unpaired) electrons. The Bertz CT molecular complexity index is 624. The Morgan fingerprint density at radius 2 is 2.20 bits per heavy atom. The largest absolute Gasteiger partial charge is 0.340 e. The Labute approximate surface area is 117 Å². The predicted molar refractivity (Wildman–Crippen MR) is 69.5 cm³/mol. The first-order chi connectivity index (χ1) is 9.46. The molecule has 3 heterocycles. The first kappa shape index (κ1) is 13.5. The second kappa shape index (κ2) is 4.83. The molecule has 0 aliphatic carbocycles. The molecular weight excluding hydrogens is 282 g/mol. The Morgan fingerprint density at radius 3 is 2.80 bits per heavy atom. The number of carbonyl (C=O) groups is 1. The van der Waals surface area contributed by atoms with E-state index >= 15 is 0 Å². The van der Waals surface area contributed by atoms with E-state index in [9.17, 15) is 13.2 Å². The van der Waals surface area contributed by atoms with Gasteiger partial charge in [-0.25, -0.2) is 8.42 Å². The quantitative estimate of drug-likeness (QED) is 0.788. The summed E-state index contributed by atoms with van der Waals surface area (Å²) in [5.41, 5.74) is 0. The van der Waals surface area contributed by atoms with Crippen LogP contribution in [-0.4, -0.2) is 47.4 Å². The molecule has 110 valence electrons. The molecule has 0 N–H and O–H groups in total. The van der Waals surface area contributed by atoms with Crippen LogP contribution in [0.1, 0.15) is 37.0 Å². The summed E-state index contributed by atoms with van der Waals surface area (Å²) < 4.78 is 28.0. The zero-order chi connectivity index (χ0) is 14.3. The van der Waals surface area contributed by atoms with Crippen LogP contribution in [0.5, 0.6) is 0 Å². The Hall–Kier alpha value is -1.44. The zero-order valence-electron chi connectivity index (χ0n) is 11.3. The summed E-state index contributed by atoms with van der Waals surface area (Å²) >= 11 is 0. The van der Waals surface area contributed by atoms with Crippen LogP contribution >= 0.6 is 0 Å². The van der Waals surface area contributed by atoms with Gasteiger partial charge in [0.05, 0.1) is 23.5 Å². The SMILES string of the molecule is Cc1nc([C@H]2CCCN2C(=O)[C@H]2CCS(=O)(=O)C2)no1. The predicted octanol–water partition coefficient (Wildman–Crippen LogP) is 0.476. The monoisotopic (exact) mass is 299 g/mol. The van der Waals surface area contributed by atoms with Crippen molar-refractivity contribution in [3.63, 3.8) is 0 Å². The molecule has 0 aromatic carbocycles. The number of rotatable bonds is 2. The minimum atomic E-state index is -3.05. The summed E-state index contributed by atoms with van der Waals surface area (Å²) in [5.74, 6) is 0.588. The lowest BCUT2D eigenvalue weighted by Crippen LogP contribution is -2.36. The summed E-state index contributed by atoms with van der Waals surface area (Å²) in [6.07, 6.45) is 2.10. The van der Waals surface area contributed by atoms with E-state index in [2.05, 4.69) is 10.1 Å². The standard InChI is InChI=1S/C12H17N3O4S/c1-8-13-11(14-19-8)10-3-2-5-15(10)12(16)9-4-6-20(17,18)7-9/h9-10H,2-7H2,1H3/t9-,10+/m0/s1. The molecule has 3 rings (SSSR count). The first-order valence-corrected chi connectivity index (χ1v) is 8.59. The third-order valence-electron chi connectivity index (χ3n) is 3.96. The summed E-state index contributed by atoms with van der Waals surface area (Å²) in [5, 5.41) is 3.89. The smallest absolute Gasteiger partial charge is 0.227 e. The third kappa shape index (κ3) is 2.44. The lowest BCUT2D eigenvalue weighted by atomic mass is 10.1. The average molecular weight is 299 g/mol. The number of amides is 1. The Kier molecular flexibility index (Phi) is 3.27. The molecule has 1 aromatic heterocycles. The van der Waals surface area contributed by atoms with Crippen molar-refractivity contribution in [2.45, 2.75) is 32.2 Å². The van der Waals surface area contributed by atoms with Crippen LogP contribution in [-0.2, 0) is 14.6 Å². The van der Waals surface area contributed by atoms with E-state index in [4.69, 9.17) is 4.52 Å². The molecule has 0 unspecified atom stereocenters. The summed E-state index contributed by atoms with van der Waals surface area (Å²) in [7, 11) is -3.05. The summed E-state index contributed by atoms with van der Waals surface area (Å²) in [4.78, 5) is 18.4. The van der Waals surface area contributed by atoms with E-state index in [1.54, 1.807) is 11.8 Å². The van der Waals surface area contributed by atoms with Crippen LogP contribution in [0.15, 0.2) is 4.52 Å². The van der Waals surface area contributed by atoms with Gasteiger partial charge in [0.1, 0.15) is 0 Å². The fourth-order valence-corrected chi connectivity index (χ4v) is 4.71. The molecule has 2 fully saturated rings. The van der Waals surface area contributed by atoms with E-state index in [1.165, 1.54) is 0 Å². The molecule has 2 saturated heterocycles. The highest BCUT2D eigenvalue weighted by atomic mass is 32.2. The van der Waals surface area contributed by atoms with Gasteiger partial charge in [-0.15, -0.1) is 0 Å². The number of aryl methyl sites for hydroxylation is 1. The van der Waals surface area contributed by atoms with Crippen molar-refractivity contribution >= 4 is 15.7 Å². The van der Waals surface area contributed by atoms with Crippen molar-refractivity contribution in [3.05, 3.63) is 11.7 Å². The number of likely N-dealkylation sites (tertiary alicyclic amines) is 1. The van der Waals surface area contributed by atoms with Crippen LogP contribution in [0, 0.1) is 12.8 Å². The highest BCUT2D eigenvalue weighted by Gasteiger charge is 2.40. The van der Waals surface area contributed by atoms with Gasteiger partial charge in [0.2, 0.25) is 11.8 Å². The maximum Gasteiger partial charge on any atom is 0.227 e. The molecule has 0 saturated carbocycles. The number of nitrogens with zero attached hydrogens (tertiary/aromatic N) is 3. The normalized spacial score (nSPS) is 28.9. The van der Waals surface area contributed by atoms with Gasteiger partial charge in [0.15, 0.2) is 15.7 Å². The highest BCUT2D eigenvalue weighted by molar-refractivity contribution is 7.91. The van der Waals surface area contributed by atoms with Crippen molar-refractivity contribution in [1.29, 1.82) is 0 Å². The molecule has 20 heavy (non-hydrogen) atoms. The fourth-order valence-electron chi connectivity index (χ4n) is 2.97. The molecule has 2 atom stereocenters. The molecule has 2 aliphatic heterocycles. The summed E-state index contributed by atoms with van der Waals surface area (Å²) in [6, 6.07) is -0.178. The molecule has 8 heteroatoms. The van der Waals surface area contributed by atoms with Crippen LogP contribution in [0.2, 0.25) is 0 Å². The summed E-state index contributed by atoms with van der Waals surface area (Å²) in [6.45, 7) is 2.34. The minimum Gasteiger partial charge on any atom is -0.340 e. The number of sulfone groups is 1. The topological polar surface area (TPSA) is 93.4 Å². The lowest BCUT2D eigenvalue weighted by molar-refractivity contribution is -0.135. The van der Waals surface area contributed by atoms with E-state index in [1.807, 2.05) is 0 Å². The Balaban J connectivity index is 1.77. The van der Waals surface area contributed by atoms with Crippen molar-refractivity contribution in [1.82, 2.24) is 15.0 Å². The molecule has 0 spiro atoms. The van der Waals surface area contributed by atoms with E-state index in [0.29, 0.717) is 24.7 Å². The van der Waals surface area contributed by atoms with Crippen molar-refractivity contribution < 1.29 is 17.7 Å². The zero-order valence-corrected chi connectivity index (χ0v) is 12.1. The maximum absolute atomic E-state index is 12.5. The van der Waals surface area contributed by atoms with Gasteiger partial charge in [-0.1, -0.05) is 5.16 Å². The van der Waals surface area contributed by atoms with Crippen molar-refractivity contribution in [2.24, 2.45) is 5.92 Å². The minimum absolute atomic E-state index is 0.0275. The molecule has 7 nitrogen and oxygen atoms in total.